The van der Waals surface area contributed by atoms with Crippen molar-refractivity contribution in [1.82, 2.24) is 5.32 Å². The van der Waals surface area contributed by atoms with E-state index in [1.807, 2.05) is 37.3 Å². The molecule has 0 fully saturated rings. The molecule has 0 saturated carbocycles. The van der Waals surface area contributed by atoms with Crippen LogP contribution in [0.2, 0.25) is 0 Å². The van der Waals surface area contributed by atoms with Crippen molar-refractivity contribution < 1.29 is 23.4 Å². The van der Waals surface area contributed by atoms with Gasteiger partial charge in [0.1, 0.15) is 29.6 Å². The van der Waals surface area contributed by atoms with E-state index in [0.717, 1.165) is 11.3 Å². The van der Waals surface area contributed by atoms with Gasteiger partial charge in [0.05, 0.1) is 26.5 Å². The number of carbonyl (C=O) groups excluding carboxylic acids is 1. The van der Waals surface area contributed by atoms with Crippen LogP contribution < -0.4 is 19.5 Å². The van der Waals surface area contributed by atoms with Gasteiger partial charge in [0, 0.05) is 11.1 Å². The molecule has 1 N–H and O–H groups in total. The van der Waals surface area contributed by atoms with Gasteiger partial charge in [0.15, 0.2) is 0 Å². The predicted octanol–water partition coefficient (Wildman–Crippen LogP) is 4.20. The van der Waals surface area contributed by atoms with Gasteiger partial charge in [-0.05, 0) is 61.5 Å². The fourth-order valence-corrected chi connectivity index (χ4v) is 2.65. The molecule has 0 atom stereocenters. The lowest BCUT2D eigenvalue weighted by Crippen LogP contribution is -2.22. The second-order valence-electron chi connectivity index (χ2n) is 5.98. The van der Waals surface area contributed by atoms with Gasteiger partial charge in [-0.2, -0.15) is 0 Å². The largest absolute Gasteiger partial charge is 0.497 e. The summed E-state index contributed by atoms with van der Waals surface area (Å²) in [5, 5.41) is 2.84. The summed E-state index contributed by atoms with van der Waals surface area (Å²) in [6.45, 7) is 3.05. The molecule has 28 heavy (non-hydrogen) atoms. The smallest absolute Gasteiger partial charge is 0.251 e. The Labute approximate surface area is 164 Å². The molecular weight excluding hydrogens is 358 g/mol. The molecule has 6 nitrogen and oxygen atoms in total. The Hall–Kier alpha value is -3.41. The van der Waals surface area contributed by atoms with Gasteiger partial charge in [-0.1, -0.05) is 0 Å². The summed E-state index contributed by atoms with van der Waals surface area (Å²) in [4.78, 5) is 12.5. The third-order valence-corrected chi connectivity index (χ3v) is 4.08. The Balaban J connectivity index is 1.69. The normalized spacial score (nSPS) is 10.4. The summed E-state index contributed by atoms with van der Waals surface area (Å²) in [7, 11) is 1.62. The van der Waals surface area contributed by atoms with Crippen LogP contribution in [0.1, 0.15) is 28.6 Å². The van der Waals surface area contributed by atoms with Gasteiger partial charge >= 0.3 is 0 Å². The number of ether oxygens (including phenoxy) is 3. The van der Waals surface area contributed by atoms with Crippen molar-refractivity contribution in [1.29, 1.82) is 0 Å². The molecule has 0 aliphatic heterocycles. The molecule has 6 heteroatoms. The summed E-state index contributed by atoms with van der Waals surface area (Å²) in [6, 6.07) is 16.2. The quantitative estimate of drug-likeness (QED) is 0.602. The molecule has 1 heterocycles. The Morgan fingerprint density at radius 2 is 1.82 bits per heavy atom. The second kappa shape index (κ2) is 9.50. The molecule has 0 radical (unpaired) electrons. The fourth-order valence-electron chi connectivity index (χ4n) is 2.65. The minimum absolute atomic E-state index is 0.190. The van der Waals surface area contributed by atoms with Crippen molar-refractivity contribution in [2.75, 3.05) is 13.7 Å². The van der Waals surface area contributed by atoms with Gasteiger partial charge in [-0.15, -0.1) is 0 Å². The summed E-state index contributed by atoms with van der Waals surface area (Å²) >= 11 is 0. The van der Waals surface area contributed by atoms with E-state index in [1.54, 1.807) is 37.6 Å². The van der Waals surface area contributed by atoms with E-state index >= 15 is 0 Å². The third-order valence-electron chi connectivity index (χ3n) is 4.08. The SMILES string of the molecule is CCOc1ccc(C(=O)NCc2ccco2)cc1COc1ccc(OC)cc1. The van der Waals surface area contributed by atoms with Crippen LogP contribution in [0.3, 0.4) is 0 Å². The molecule has 0 aliphatic carbocycles. The minimum Gasteiger partial charge on any atom is -0.497 e. The fraction of sp³-hybridized carbons (Fsp3) is 0.227. The number of furan rings is 1. The first kappa shape index (κ1) is 19.4. The van der Waals surface area contributed by atoms with Gasteiger partial charge < -0.3 is 23.9 Å². The average molecular weight is 381 g/mol. The first-order valence-electron chi connectivity index (χ1n) is 9.02. The van der Waals surface area contributed by atoms with E-state index in [-0.39, 0.29) is 12.5 Å². The number of hydrogen-bond acceptors (Lipinski definition) is 5. The van der Waals surface area contributed by atoms with Gasteiger partial charge in [0.25, 0.3) is 5.91 Å². The monoisotopic (exact) mass is 381 g/mol. The Kier molecular flexibility index (Phi) is 6.57. The molecule has 3 rings (SSSR count). The highest BCUT2D eigenvalue weighted by molar-refractivity contribution is 5.94. The van der Waals surface area contributed by atoms with Crippen molar-refractivity contribution in [3.8, 4) is 17.2 Å². The van der Waals surface area contributed by atoms with Crippen LogP contribution in [0.25, 0.3) is 0 Å². The highest BCUT2D eigenvalue weighted by atomic mass is 16.5. The maximum atomic E-state index is 12.5. The first-order chi connectivity index (χ1) is 13.7. The number of rotatable bonds is 9. The van der Waals surface area contributed by atoms with Crippen molar-refractivity contribution in [2.45, 2.75) is 20.1 Å². The standard InChI is InChI=1S/C22H23NO5/c1-3-26-21-11-6-16(22(24)23-14-20-5-4-12-27-20)13-17(21)15-28-19-9-7-18(25-2)8-10-19/h4-13H,3,14-15H2,1-2H3,(H,23,24). The molecule has 0 aliphatic rings. The lowest BCUT2D eigenvalue weighted by atomic mass is 10.1. The van der Waals surface area contributed by atoms with Crippen LogP contribution in [0.4, 0.5) is 0 Å². The number of hydrogen-bond donors (Lipinski definition) is 1. The molecule has 0 unspecified atom stereocenters. The first-order valence-corrected chi connectivity index (χ1v) is 9.02. The molecule has 1 aromatic heterocycles. The zero-order valence-corrected chi connectivity index (χ0v) is 15.9. The van der Waals surface area contributed by atoms with Crippen molar-refractivity contribution in [2.24, 2.45) is 0 Å². The van der Waals surface area contributed by atoms with Gasteiger partial charge in [0.2, 0.25) is 0 Å². The van der Waals surface area contributed by atoms with Gasteiger partial charge in [-0.25, -0.2) is 0 Å². The van der Waals surface area contributed by atoms with Crippen LogP contribution in [-0.4, -0.2) is 19.6 Å². The van der Waals surface area contributed by atoms with E-state index in [9.17, 15) is 4.79 Å². The number of methoxy groups -OCH3 is 1. The zero-order chi connectivity index (χ0) is 19.8. The Morgan fingerprint density at radius 1 is 1.04 bits per heavy atom. The highest BCUT2D eigenvalue weighted by Crippen LogP contribution is 2.24. The molecule has 2 aromatic carbocycles. The molecular formula is C22H23NO5. The summed E-state index contributed by atoms with van der Waals surface area (Å²) in [6.07, 6.45) is 1.58. The maximum absolute atomic E-state index is 12.5. The van der Waals surface area contributed by atoms with E-state index in [0.29, 0.717) is 36.0 Å². The lowest BCUT2D eigenvalue weighted by Gasteiger charge is -2.13. The van der Waals surface area contributed by atoms with E-state index < -0.39 is 0 Å². The summed E-state index contributed by atoms with van der Waals surface area (Å²) < 4.78 is 21.9. The molecule has 1 amide bonds. The number of carbonyl (C=O) groups is 1. The average Bonchev–Trinajstić information content (AvgIpc) is 3.25. The maximum Gasteiger partial charge on any atom is 0.251 e. The Bertz CT molecular complexity index is 888. The number of benzene rings is 2. The lowest BCUT2D eigenvalue weighted by molar-refractivity contribution is 0.0948. The highest BCUT2D eigenvalue weighted by Gasteiger charge is 2.12. The number of nitrogens with one attached hydrogen (secondary N) is 1. The summed E-state index contributed by atoms with van der Waals surface area (Å²) in [5.41, 5.74) is 1.33. The molecule has 3 aromatic rings. The van der Waals surface area contributed by atoms with Gasteiger partial charge in [-0.3, -0.25) is 4.79 Å². The summed E-state index contributed by atoms with van der Waals surface area (Å²) in [5.74, 6) is 2.67. The Morgan fingerprint density at radius 3 is 2.50 bits per heavy atom. The van der Waals surface area contributed by atoms with E-state index in [2.05, 4.69) is 5.32 Å². The third kappa shape index (κ3) is 5.07. The van der Waals surface area contributed by atoms with Crippen molar-refractivity contribution in [3.63, 3.8) is 0 Å². The zero-order valence-electron chi connectivity index (χ0n) is 15.9. The number of amides is 1. The van der Waals surface area contributed by atoms with Crippen LogP contribution in [0.5, 0.6) is 17.2 Å². The molecule has 0 saturated heterocycles. The molecule has 0 bridgehead atoms. The second-order valence-corrected chi connectivity index (χ2v) is 5.98. The van der Waals surface area contributed by atoms with Crippen LogP contribution in [-0.2, 0) is 13.2 Å². The minimum atomic E-state index is -0.190. The molecule has 0 spiro atoms. The van der Waals surface area contributed by atoms with E-state index in [4.69, 9.17) is 18.6 Å². The topological polar surface area (TPSA) is 69.9 Å². The van der Waals surface area contributed by atoms with Crippen LogP contribution >= 0.6 is 0 Å². The van der Waals surface area contributed by atoms with E-state index in [1.165, 1.54) is 0 Å². The predicted molar refractivity (Wildman–Crippen MR) is 105 cm³/mol. The van der Waals surface area contributed by atoms with Crippen molar-refractivity contribution >= 4 is 5.91 Å². The van der Waals surface area contributed by atoms with Crippen LogP contribution in [0.15, 0.2) is 65.3 Å². The van der Waals surface area contributed by atoms with Crippen molar-refractivity contribution in [3.05, 3.63) is 77.7 Å². The van der Waals surface area contributed by atoms with Crippen LogP contribution in [0, 0.1) is 0 Å². The molecule has 146 valence electrons.